The molecule has 0 unspecified atom stereocenters. The van der Waals surface area contributed by atoms with E-state index >= 15 is 0 Å². The quantitative estimate of drug-likeness (QED) is 0.541. The predicted octanol–water partition coefficient (Wildman–Crippen LogP) is 5.38. The Morgan fingerprint density at radius 2 is 1.35 bits per heavy atom. The molecular weight excluding hydrogens is 425 g/mol. The highest BCUT2D eigenvalue weighted by Gasteiger charge is 2.36. The fraction of sp³-hybridized carbons (Fsp3) is 0.615. The number of rotatable bonds is 7. The van der Waals surface area contributed by atoms with E-state index in [1.165, 1.54) is 38.2 Å². The summed E-state index contributed by atoms with van der Waals surface area (Å²) in [5.74, 6) is 3.11. The van der Waals surface area contributed by atoms with Crippen LogP contribution in [0.2, 0.25) is 0 Å². The summed E-state index contributed by atoms with van der Waals surface area (Å²) in [6, 6.07) is 11.0. The molecule has 31 heavy (non-hydrogen) atoms. The van der Waals surface area contributed by atoms with Gasteiger partial charge in [0.05, 0.1) is 6.67 Å². The molecule has 0 aromatic heterocycles. The van der Waals surface area contributed by atoms with Crippen LogP contribution >= 0.6 is 23.2 Å². The largest absolute Gasteiger partial charge is 0.301 e. The van der Waals surface area contributed by atoms with Gasteiger partial charge in [0.15, 0.2) is 0 Å². The molecule has 4 atom stereocenters. The molecule has 5 rings (SSSR count). The average Bonchev–Trinajstić information content (AvgIpc) is 3.35. The summed E-state index contributed by atoms with van der Waals surface area (Å²) >= 11 is 12.7. The Morgan fingerprint density at radius 1 is 0.774 bits per heavy atom. The third kappa shape index (κ3) is 5.57. The molecule has 0 saturated carbocycles. The van der Waals surface area contributed by atoms with E-state index in [-0.39, 0.29) is 0 Å². The molecule has 1 aromatic rings. The summed E-state index contributed by atoms with van der Waals surface area (Å²) in [6.45, 7) is 9.24. The molecule has 4 aliphatic rings. The van der Waals surface area contributed by atoms with E-state index in [4.69, 9.17) is 23.2 Å². The summed E-state index contributed by atoms with van der Waals surface area (Å²) in [5, 5.41) is 2.16. The monoisotopic (exact) mass is 459 g/mol. The molecule has 2 saturated heterocycles. The molecule has 168 valence electrons. The van der Waals surface area contributed by atoms with Crippen molar-refractivity contribution in [1.82, 2.24) is 14.7 Å². The van der Waals surface area contributed by atoms with Crippen LogP contribution in [0.1, 0.15) is 31.2 Å². The Kier molecular flexibility index (Phi) is 7.07. The smallest absolute Gasteiger partial charge is 0.0510 e. The minimum atomic E-state index is 0.745. The van der Waals surface area contributed by atoms with Gasteiger partial charge in [-0.25, -0.2) is 0 Å². The highest BCUT2D eigenvalue weighted by Crippen LogP contribution is 2.38. The maximum absolute atomic E-state index is 6.34. The lowest BCUT2D eigenvalue weighted by atomic mass is 9.86. The zero-order chi connectivity index (χ0) is 21.2. The number of allylic oxidation sites excluding steroid dienone is 4. The lowest BCUT2D eigenvalue weighted by Gasteiger charge is -2.30. The predicted molar refractivity (Wildman–Crippen MR) is 130 cm³/mol. The van der Waals surface area contributed by atoms with E-state index in [1.54, 1.807) is 0 Å². The van der Waals surface area contributed by atoms with Gasteiger partial charge in [-0.3, -0.25) is 9.80 Å². The second kappa shape index (κ2) is 9.97. The molecular formula is C26H35Cl2N3. The average molecular weight is 460 g/mol. The summed E-state index contributed by atoms with van der Waals surface area (Å²) < 4.78 is 0. The zero-order valence-corrected chi connectivity index (χ0v) is 19.9. The Labute approximate surface area is 197 Å². The number of likely N-dealkylation sites (tertiary alicyclic amines) is 2. The summed E-state index contributed by atoms with van der Waals surface area (Å²) in [6.07, 6.45) is 8.99. The number of nitrogens with zero attached hydrogens (tertiary/aromatic N) is 3. The van der Waals surface area contributed by atoms with Crippen molar-refractivity contribution in [3.05, 3.63) is 58.1 Å². The molecule has 5 heteroatoms. The van der Waals surface area contributed by atoms with Gasteiger partial charge >= 0.3 is 0 Å². The molecule has 0 amide bonds. The minimum Gasteiger partial charge on any atom is -0.301 e. The Morgan fingerprint density at radius 3 is 2.03 bits per heavy atom. The Hall–Kier alpha value is -0.840. The SMILES string of the molecule is ClC1=CC[C@@H]2CN(CCN(Cc3ccccc3)CN3C[C@@H]4CC=C(Cl)C[C@H]4C3)C[C@H]2C1. The molecule has 0 spiro atoms. The molecule has 0 N–H and O–H groups in total. The van der Waals surface area contributed by atoms with Crippen LogP contribution in [-0.2, 0) is 6.54 Å². The van der Waals surface area contributed by atoms with Crippen LogP contribution in [0.4, 0.5) is 0 Å². The molecule has 2 fully saturated rings. The van der Waals surface area contributed by atoms with Crippen molar-refractivity contribution in [2.24, 2.45) is 23.7 Å². The van der Waals surface area contributed by atoms with Crippen LogP contribution in [0.15, 0.2) is 52.5 Å². The fourth-order valence-electron chi connectivity index (χ4n) is 6.20. The van der Waals surface area contributed by atoms with Crippen molar-refractivity contribution in [2.45, 2.75) is 32.2 Å². The van der Waals surface area contributed by atoms with Gasteiger partial charge in [-0.15, -0.1) is 0 Å². The number of hydrogen-bond donors (Lipinski definition) is 0. The molecule has 2 aliphatic carbocycles. The molecule has 0 radical (unpaired) electrons. The number of fused-ring (bicyclic) bond motifs is 2. The summed E-state index contributed by atoms with van der Waals surface area (Å²) in [5.41, 5.74) is 1.41. The highest BCUT2D eigenvalue weighted by molar-refractivity contribution is 6.29. The van der Waals surface area contributed by atoms with Crippen molar-refractivity contribution >= 4 is 23.2 Å². The first-order valence-corrected chi connectivity index (χ1v) is 12.8. The Balaban J connectivity index is 1.18. The second-order valence-corrected chi connectivity index (χ2v) is 11.2. The molecule has 0 bridgehead atoms. The lowest BCUT2D eigenvalue weighted by Crippen LogP contribution is -2.41. The van der Waals surface area contributed by atoms with Crippen LogP contribution in [0.5, 0.6) is 0 Å². The maximum atomic E-state index is 6.34. The summed E-state index contributed by atoms with van der Waals surface area (Å²) in [7, 11) is 0. The summed E-state index contributed by atoms with van der Waals surface area (Å²) in [4.78, 5) is 8.02. The van der Waals surface area contributed by atoms with Crippen molar-refractivity contribution in [3.63, 3.8) is 0 Å². The van der Waals surface area contributed by atoms with Gasteiger partial charge in [0.1, 0.15) is 0 Å². The van der Waals surface area contributed by atoms with Crippen molar-refractivity contribution < 1.29 is 0 Å². The third-order valence-corrected chi connectivity index (χ3v) is 8.50. The van der Waals surface area contributed by atoms with Crippen molar-refractivity contribution in [2.75, 3.05) is 45.9 Å². The van der Waals surface area contributed by atoms with Gasteiger partial charge in [0.2, 0.25) is 0 Å². The van der Waals surface area contributed by atoms with E-state index in [0.29, 0.717) is 0 Å². The van der Waals surface area contributed by atoms with Crippen LogP contribution in [0.25, 0.3) is 0 Å². The Bertz CT molecular complexity index is 808. The standard InChI is InChI=1S/C26H35Cl2N3/c27-25-8-6-21-15-29(17-23(21)12-25)10-11-30(14-20-4-2-1-3-5-20)19-31-16-22-7-9-26(28)13-24(22)18-31/h1-5,8-9,21-24H,6-7,10-19H2/t21-,22+,23-,24+/m1/s1. The normalized spacial score (nSPS) is 31.5. The van der Waals surface area contributed by atoms with E-state index in [9.17, 15) is 0 Å². The van der Waals surface area contributed by atoms with Gasteiger partial charge < -0.3 is 4.90 Å². The van der Waals surface area contributed by atoms with E-state index in [2.05, 4.69) is 57.2 Å². The topological polar surface area (TPSA) is 9.72 Å². The fourth-order valence-corrected chi connectivity index (χ4v) is 6.77. The van der Waals surface area contributed by atoms with Crippen LogP contribution in [0, 0.1) is 23.7 Å². The van der Waals surface area contributed by atoms with Crippen LogP contribution in [-0.4, -0.2) is 60.6 Å². The molecule has 2 aliphatic heterocycles. The number of halogens is 2. The van der Waals surface area contributed by atoms with Crippen LogP contribution < -0.4 is 0 Å². The van der Waals surface area contributed by atoms with E-state index < -0.39 is 0 Å². The first kappa shape index (κ1) is 22.0. The minimum absolute atomic E-state index is 0.745. The number of benzene rings is 1. The van der Waals surface area contributed by atoms with Gasteiger partial charge in [0.25, 0.3) is 0 Å². The lowest BCUT2D eigenvalue weighted by molar-refractivity contribution is 0.127. The molecule has 3 nitrogen and oxygen atoms in total. The number of hydrogen-bond acceptors (Lipinski definition) is 3. The van der Waals surface area contributed by atoms with Gasteiger partial charge in [-0.05, 0) is 54.9 Å². The van der Waals surface area contributed by atoms with Gasteiger partial charge in [-0.2, -0.15) is 0 Å². The molecule has 2 heterocycles. The zero-order valence-electron chi connectivity index (χ0n) is 18.4. The highest BCUT2D eigenvalue weighted by atomic mass is 35.5. The van der Waals surface area contributed by atoms with E-state index in [0.717, 1.165) is 79.3 Å². The second-order valence-electron chi connectivity index (χ2n) is 10.2. The molecule has 1 aromatic carbocycles. The first-order chi connectivity index (χ1) is 15.1. The van der Waals surface area contributed by atoms with Crippen LogP contribution in [0.3, 0.4) is 0 Å². The van der Waals surface area contributed by atoms with Gasteiger partial charge in [-0.1, -0.05) is 65.7 Å². The van der Waals surface area contributed by atoms with Gasteiger partial charge in [0, 0.05) is 55.9 Å². The van der Waals surface area contributed by atoms with Crippen molar-refractivity contribution in [3.8, 4) is 0 Å². The van der Waals surface area contributed by atoms with E-state index in [1.807, 2.05) is 0 Å². The first-order valence-electron chi connectivity index (χ1n) is 12.0. The third-order valence-electron chi connectivity index (χ3n) is 7.88. The maximum Gasteiger partial charge on any atom is 0.0510 e. The van der Waals surface area contributed by atoms with Crippen molar-refractivity contribution in [1.29, 1.82) is 0 Å².